The maximum absolute atomic E-state index is 13.5. The molecule has 0 aromatic heterocycles. The SMILES string of the molecule is O=S(O)c1ccc(OCc2ccccc2)c(F)c1. The van der Waals surface area contributed by atoms with Crippen molar-refractivity contribution in [1.82, 2.24) is 0 Å². The van der Waals surface area contributed by atoms with Crippen molar-refractivity contribution in [2.24, 2.45) is 0 Å². The second kappa shape index (κ2) is 5.75. The summed E-state index contributed by atoms with van der Waals surface area (Å²) in [5, 5.41) is 0. The smallest absolute Gasteiger partial charge is 0.186 e. The van der Waals surface area contributed by atoms with Gasteiger partial charge in [0.1, 0.15) is 6.61 Å². The van der Waals surface area contributed by atoms with Gasteiger partial charge in [-0.3, -0.25) is 0 Å². The van der Waals surface area contributed by atoms with E-state index in [1.165, 1.54) is 12.1 Å². The first-order chi connectivity index (χ1) is 8.66. The molecule has 0 radical (unpaired) electrons. The van der Waals surface area contributed by atoms with Crippen LogP contribution >= 0.6 is 0 Å². The van der Waals surface area contributed by atoms with Crippen LogP contribution in [-0.2, 0) is 17.7 Å². The van der Waals surface area contributed by atoms with Crippen molar-refractivity contribution in [2.75, 3.05) is 0 Å². The van der Waals surface area contributed by atoms with Gasteiger partial charge in [0.2, 0.25) is 0 Å². The van der Waals surface area contributed by atoms with Crippen LogP contribution in [0.4, 0.5) is 4.39 Å². The Morgan fingerprint density at radius 1 is 1.17 bits per heavy atom. The Morgan fingerprint density at radius 2 is 1.89 bits per heavy atom. The number of hydrogen-bond donors (Lipinski definition) is 1. The van der Waals surface area contributed by atoms with Gasteiger partial charge in [-0.15, -0.1) is 0 Å². The quantitative estimate of drug-likeness (QED) is 0.865. The van der Waals surface area contributed by atoms with Crippen LogP contribution in [0.15, 0.2) is 53.4 Å². The fourth-order valence-electron chi connectivity index (χ4n) is 1.44. The lowest BCUT2D eigenvalue weighted by molar-refractivity contribution is 0.290. The highest BCUT2D eigenvalue weighted by atomic mass is 32.2. The molecule has 2 aromatic carbocycles. The molecule has 0 fully saturated rings. The van der Waals surface area contributed by atoms with E-state index in [0.717, 1.165) is 11.6 Å². The van der Waals surface area contributed by atoms with E-state index in [4.69, 9.17) is 9.29 Å². The van der Waals surface area contributed by atoms with Crippen LogP contribution in [0.1, 0.15) is 5.56 Å². The van der Waals surface area contributed by atoms with Crippen molar-refractivity contribution in [2.45, 2.75) is 11.5 Å². The molecule has 18 heavy (non-hydrogen) atoms. The highest BCUT2D eigenvalue weighted by Gasteiger charge is 2.08. The third-order valence-corrected chi connectivity index (χ3v) is 3.00. The number of halogens is 1. The van der Waals surface area contributed by atoms with Gasteiger partial charge in [0.15, 0.2) is 22.6 Å². The lowest BCUT2D eigenvalue weighted by Crippen LogP contribution is -1.98. The van der Waals surface area contributed by atoms with Gasteiger partial charge in [0.05, 0.1) is 4.90 Å². The first kappa shape index (κ1) is 12.7. The van der Waals surface area contributed by atoms with Crippen LogP contribution in [0.25, 0.3) is 0 Å². The van der Waals surface area contributed by atoms with Gasteiger partial charge in [0, 0.05) is 0 Å². The minimum absolute atomic E-state index is 0.0135. The van der Waals surface area contributed by atoms with Crippen molar-refractivity contribution >= 4 is 11.1 Å². The summed E-state index contributed by atoms with van der Waals surface area (Å²) in [6.45, 7) is 0.249. The van der Waals surface area contributed by atoms with Gasteiger partial charge < -0.3 is 9.29 Å². The fraction of sp³-hybridized carbons (Fsp3) is 0.0769. The summed E-state index contributed by atoms with van der Waals surface area (Å²) in [7, 11) is 0. The molecular weight excluding hydrogens is 255 g/mol. The second-order valence-electron chi connectivity index (χ2n) is 3.62. The Hall–Kier alpha value is -1.72. The molecule has 0 spiro atoms. The minimum atomic E-state index is -2.18. The van der Waals surface area contributed by atoms with Crippen LogP contribution in [-0.4, -0.2) is 8.76 Å². The van der Waals surface area contributed by atoms with Crippen LogP contribution in [0.2, 0.25) is 0 Å². The zero-order valence-corrected chi connectivity index (χ0v) is 10.2. The molecule has 0 aliphatic rings. The zero-order chi connectivity index (χ0) is 13.0. The van der Waals surface area contributed by atoms with Crippen LogP contribution in [0.3, 0.4) is 0 Å². The Morgan fingerprint density at radius 3 is 2.50 bits per heavy atom. The van der Waals surface area contributed by atoms with Crippen molar-refractivity contribution in [3.63, 3.8) is 0 Å². The van der Waals surface area contributed by atoms with Gasteiger partial charge in [-0.05, 0) is 23.8 Å². The molecule has 0 amide bonds. The Bertz CT molecular complexity index is 557. The van der Waals surface area contributed by atoms with Gasteiger partial charge in [-0.1, -0.05) is 30.3 Å². The monoisotopic (exact) mass is 266 g/mol. The average Bonchev–Trinajstić information content (AvgIpc) is 2.38. The number of benzene rings is 2. The van der Waals surface area contributed by atoms with E-state index in [-0.39, 0.29) is 17.3 Å². The van der Waals surface area contributed by atoms with Crippen molar-refractivity contribution in [3.05, 3.63) is 59.9 Å². The van der Waals surface area contributed by atoms with Crippen LogP contribution < -0.4 is 4.74 Å². The van der Waals surface area contributed by atoms with Gasteiger partial charge in [-0.25, -0.2) is 8.60 Å². The number of rotatable bonds is 4. The molecular formula is C13H11FO3S. The molecule has 1 unspecified atom stereocenters. The average molecular weight is 266 g/mol. The molecule has 0 aliphatic carbocycles. The third-order valence-electron chi connectivity index (χ3n) is 2.34. The van der Waals surface area contributed by atoms with Crippen molar-refractivity contribution in [1.29, 1.82) is 0 Å². The predicted molar refractivity (Wildman–Crippen MR) is 66.2 cm³/mol. The van der Waals surface area contributed by atoms with E-state index in [1.54, 1.807) is 0 Å². The highest BCUT2D eigenvalue weighted by Crippen LogP contribution is 2.20. The maximum Gasteiger partial charge on any atom is 0.186 e. The summed E-state index contributed by atoms with van der Waals surface area (Å²) < 4.78 is 38.4. The second-order valence-corrected chi connectivity index (χ2v) is 4.59. The van der Waals surface area contributed by atoms with Crippen molar-refractivity contribution < 1.29 is 17.9 Å². The maximum atomic E-state index is 13.5. The molecule has 94 valence electrons. The van der Waals surface area contributed by atoms with Crippen LogP contribution in [0, 0.1) is 5.82 Å². The van der Waals surface area contributed by atoms with Crippen molar-refractivity contribution in [3.8, 4) is 5.75 Å². The normalized spacial score (nSPS) is 12.1. The standard InChI is InChI=1S/C13H11FO3S/c14-12-8-11(18(15)16)6-7-13(12)17-9-10-4-2-1-3-5-10/h1-8H,9H2,(H,15,16). The molecule has 5 heteroatoms. The van der Waals surface area contributed by atoms with Gasteiger partial charge in [0.25, 0.3) is 0 Å². The zero-order valence-electron chi connectivity index (χ0n) is 9.38. The number of ether oxygens (including phenoxy) is 1. The predicted octanol–water partition coefficient (Wildman–Crippen LogP) is 2.99. The minimum Gasteiger partial charge on any atom is -0.486 e. The molecule has 0 saturated heterocycles. The summed E-state index contributed by atoms with van der Waals surface area (Å²) in [6, 6.07) is 13.1. The molecule has 3 nitrogen and oxygen atoms in total. The molecule has 2 rings (SSSR count). The topological polar surface area (TPSA) is 46.5 Å². The molecule has 1 N–H and O–H groups in total. The summed E-state index contributed by atoms with van der Waals surface area (Å²) in [5.74, 6) is -0.584. The van der Waals surface area contributed by atoms with Gasteiger partial charge >= 0.3 is 0 Å². The third kappa shape index (κ3) is 3.15. The Kier molecular flexibility index (Phi) is 4.07. The summed E-state index contributed by atoms with van der Waals surface area (Å²) in [5.41, 5.74) is 0.923. The molecule has 0 bridgehead atoms. The summed E-state index contributed by atoms with van der Waals surface area (Å²) >= 11 is -2.18. The highest BCUT2D eigenvalue weighted by molar-refractivity contribution is 7.79. The first-order valence-electron chi connectivity index (χ1n) is 5.24. The fourth-order valence-corrected chi connectivity index (χ4v) is 1.83. The van der Waals surface area contributed by atoms with E-state index < -0.39 is 16.9 Å². The molecule has 2 aromatic rings. The van der Waals surface area contributed by atoms with Crippen LogP contribution in [0.5, 0.6) is 5.75 Å². The molecule has 1 atom stereocenters. The molecule has 0 heterocycles. The van der Waals surface area contributed by atoms with E-state index in [1.807, 2.05) is 30.3 Å². The van der Waals surface area contributed by atoms with E-state index in [2.05, 4.69) is 0 Å². The van der Waals surface area contributed by atoms with E-state index in [0.29, 0.717) is 0 Å². The number of hydrogen-bond acceptors (Lipinski definition) is 2. The largest absolute Gasteiger partial charge is 0.486 e. The lowest BCUT2D eigenvalue weighted by atomic mass is 10.2. The molecule has 0 saturated carbocycles. The Balaban J connectivity index is 2.08. The van der Waals surface area contributed by atoms with E-state index >= 15 is 0 Å². The first-order valence-corrected chi connectivity index (χ1v) is 6.34. The summed E-state index contributed by atoms with van der Waals surface area (Å²) in [6.07, 6.45) is 0. The van der Waals surface area contributed by atoms with E-state index in [9.17, 15) is 8.60 Å². The lowest BCUT2D eigenvalue weighted by Gasteiger charge is -2.07. The Labute approximate surface area is 107 Å². The molecule has 0 aliphatic heterocycles. The summed E-state index contributed by atoms with van der Waals surface area (Å²) in [4.78, 5) is 0.0135. The van der Waals surface area contributed by atoms with Gasteiger partial charge in [-0.2, -0.15) is 0 Å².